The number of methoxy groups -OCH3 is 1. The predicted molar refractivity (Wildman–Crippen MR) is 109 cm³/mol. The summed E-state index contributed by atoms with van der Waals surface area (Å²) in [5.41, 5.74) is 3.33. The number of benzene rings is 1. The first-order valence-electron chi connectivity index (χ1n) is 8.71. The molecule has 2 aromatic heterocycles. The number of rotatable bonds is 7. The van der Waals surface area contributed by atoms with E-state index in [1.165, 1.54) is 0 Å². The van der Waals surface area contributed by atoms with Gasteiger partial charge < -0.3 is 19.7 Å². The predicted octanol–water partition coefficient (Wildman–Crippen LogP) is 4.23. The van der Waals surface area contributed by atoms with Crippen LogP contribution in [0, 0.1) is 13.8 Å². The van der Waals surface area contributed by atoms with Crippen LogP contribution in [0.1, 0.15) is 11.1 Å². The summed E-state index contributed by atoms with van der Waals surface area (Å²) in [7, 11) is 3.49. The molecule has 1 N–H and O–H groups in total. The highest BCUT2D eigenvalue weighted by molar-refractivity contribution is 5.81. The highest BCUT2D eigenvalue weighted by atomic mass is 16.5. The number of aromatic nitrogens is 2. The molecule has 0 fully saturated rings. The van der Waals surface area contributed by atoms with Crippen LogP contribution in [0.25, 0.3) is 0 Å². The minimum absolute atomic E-state index is 0.510. The Labute approximate surface area is 164 Å². The zero-order valence-electron chi connectivity index (χ0n) is 16.3. The number of ether oxygens (including phenoxy) is 2. The third-order valence-corrected chi connectivity index (χ3v) is 4.32. The van der Waals surface area contributed by atoms with Gasteiger partial charge in [0.2, 0.25) is 12.3 Å². The van der Waals surface area contributed by atoms with Gasteiger partial charge in [0.15, 0.2) is 5.82 Å². The van der Waals surface area contributed by atoms with Crippen LogP contribution in [0.4, 0.5) is 17.2 Å². The van der Waals surface area contributed by atoms with Gasteiger partial charge in [0, 0.05) is 24.9 Å². The molecule has 0 radical (unpaired) electrons. The van der Waals surface area contributed by atoms with Gasteiger partial charge in [0.1, 0.15) is 11.5 Å². The van der Waals surface area contributed by atoms with Crippen molar-refractivity contribution in [1.82, 2.24) is 9.97 Å². The maximum Gasteiger partial charge on any atom is 0.222 e. The molecule has 0 aliphatic heterocycles. The average Bonchev–Trinajstić information content (AvgIpc) is 2.71. The van der Waals surface area contributed by atoms with E-state index in [1.807, 2.05) is 50.1 Å². The van der Waals surface area contributed by atoms with Gasteiger partial charge in [0.25, 0.3) is 0 Å². The molecular weight excluding hydrogens is 356 g/mol. The maximum absolute atomic E-state index is 10.8. The number of carbonyl (C=O) groups is 1. The highest BCUT2D eigenvalue weighted by Gasteiger charge is 2.13. The number of hydrogen-bond donors (Lipinski definition) is 1. The summed E-state index contributed by atoms with van der Waals surface area (Å²) in [4.78, 5) is 21.5. The van der Waals surface area contributed by atoms with Crippen molar-refractivity contribution in [2.75, 3.05) is 24.4 Å². The molecule has 7 nitrogen and oxygen atoms in total. The molecule has 0 bridgehead atoms. The second-order valence-electron chi connectivity index (χ2n) is 6.24. The van der Waals surface area contributed by atoms with E-state index in [4.69, 9.17) is 9.47 Å². The first-order valence-corrected chi connectivity index (χ1v) is 8.71. The minimum atomic E-state index is 0.510. The molecule has 0 aliphatic rings. The molecule has 28 heavy (non-hydrogen) atoms. The lowest BCUT2D eigenvalue weighted by atomic mass is 10.2. The van der Waals surface area contributed by atoms with E-state index < -0.39 is 0 Å². The topological polar surface area (TPSA) is 76.6 Å². The van der Waals surface area contributed by atoms with Crippen molar-refractivity contribution in [3.05, 3.63) is 59.9 Å². The van der Waals surface area contributed by atoms with Crippen LogP contribution in [-0.2, 0) is 4.79 Å². The molecule has 0 aliphatic carbocycles. The number of nitrogens with zero attached hydrogens (tertiary/aromatic N) is 3. The summed E-state index contributed by atoms with van der Waals surface area (Å²) >= 11 is 0. The number of anilines is 3. The summed E-state index contributed by atoms with van der Waals surface area (Å²) in [6.45, 7) is 3.90. The quantitative estimate of drug-likeness (QED) is 0.620. The zero-order chi connectivity index (χ0) is 20.1. The zero-order valence-corrected chi connectivity index (χ0v) is 16.3. The fraction of sp³-hybridized carbons (Fsp3) is 0.190. The van der Waals surface area contributed by atoms with Crippen molar-refractivity contribution >= 4 is 23.6 Å². The Kier molecular flexibility index (Phi) is 5.74. The van der Waals surface area contributed by atoms with E-state index in [2.05, 4.69) is 15.3 Å². The van der Waals surface area contributed by atoms with Gasteiger partial charge in [-0.05, 0) is 43.7 Å². The van der Waals surface area contributed by atoms with Crippen LogP contribution in [0.3, 0.4) is 0 Å². The molecule has 0 atom stereocenters. The smallest absolute Gasteiger partial charge is 0.222 e. The first kappa shape index (κ1) is 19.2. The summed E-state index contributed by atoms with van der Waals surface area (Å²) in [5, 5.41) is 2.66. The largest absolute Gasteiger partial charge is 0.496 e. The molecule has 0 spiro atoms. The molecule has 7 heteroatoms. The first-order chi connectivity index (χ1) is 13.5. The van der Waals surface area contributed by atoms with Crippen molar-refractivity contribution in [2.45, 2.75) is 13.8 Å². The van der Waals surface area contributed by atoms with Crippen molar-refractivity contribution in [1.29, 1.82) is 0 Å². The van der Waals surface area contributed by atoms with Gasteiger partial charge in [-0.15, -0.1) is 0 Å². The van der Waals surface area contributed by atoms with Gasteiger partial charge in [0.05, 0.1) is 24.7 Å². The number of hydrogen-bond acceptors (Lipinski definition) is 6. The van der Waals surface area contributed by atoms with Crippen LogP contribution in [0.2, 0.25) is 0 Å². The molecule has 0 saturated heterocycles. The van der Waals surface area contributed by atoms with E-state index >= 15 is 0 Å². The molecule has 3 rings (SSSR count). The lowest BCUT2D eigenvalue weighted by Crippen LogP contribution is -2.14. The Hall–Kier alpha value is -3.61. The molecule has 0 saturated carbocycles. The Morgan fingerprint density at radius 3 is 2.64 bits per heavy atom. The van der Waals surface area contributed by atoms with Gasteiger partial charge >= 0.3 is 0 Å². The molecule has 3 aromatic rings. The van der Waals surface area contributed by atoms with Crippen LogP contribution in [0.5, 0.6) is 17.4 Å². The van der Waals surface area contributed by atoms with Crippen LogP contribution >= 0.6 is 0 Å². The Balaban J connectivity index is 1.85. The van der Waals surface area contributed by atoms with E-state index in [0.717, 1.165) is 22.6 Å². The number of aryl methyl sites for hydroxylation is 2. The molecule has 1 aromatic carbocycles. The highest BCUT2D eigenvalue weighted by Crippen LogP contribution is 2.32. The van der Waals surface area contributed by atoms with E-state index in [0.29, 0.717) is 29.5 Å². The number of carbonyl (C=O) groups excluding carboxylic acids is 1. The summed E-state index contributed by atoms with van der Waals surface area (Å²) in [6.07, 6.45) is 4.00. The number of nitrogens with one attached hydrogen (secondary N) is 1. The van der Waals surface area contributed by atoms with Gasteiger partial charge in [-0.1, -0.05) is 6.07 Å². The molecule has 144 valence electrons. The molecule has 1 amide bonds. The maximum atomic E-state index is 10.8. The van der Waals surface area contributed by atoms with Gasteiger partial charge in [-0.2, -0.15) is 0 Å². The number of pyridine rings is 2. The fourth-order valence-electron chi connectivity index (χ4n) is 2.78. The van der Waals surface area contributed by atoms with E-state index in [1.54, 1.807) is 31.6 Å². The van der Waals surface area contributed by atoms with Gasteiger partial charge in [-0.3, -0.25) is 4.79 Å². The van der Waals surface area contributed by atoms with Crippen molar-refractivity contribution in [3.8, 4) is 17.4 Å². The third kappa shape index (κ3) is 4.03. The monoisotopic (exact) mass is 378 g/mol. The van der Waals surface area contributed by atoms with Crippen molar-refractivity contribution in [2.24, 2.45) is 0 Å². The average molecular weight is 378 g/mol. The third-order valence-electron chi connectivity index (χ3n) is 4.32. The Morgan fingerprint density at radius 1 is 1.11 bits per heavy atom. The second kappa shape index (κ2) is 8.39. The lowest BCUT2D eigenvalue weighted by molar-refractivity contribution is -0.105. The standard InChI is InChI=1S/C21H22N4O3/c1-14-7-8-17(11-19(14)27-4)28-21-15(2)10-16(12-23-21)25(3)20-18(24-13-26)6-5-9-22-20/h5-13H,1-4H3,(H,24,26). The molecule has 0 unspecified atom stereocenters. The lowest BCUT2D eigenvalue weighted by Gasteiger charge is -2.21. The SMILES string of the molecule is COc1cc(Oc2ncc(N(C)c3ncccc3NC=O)cc2C)ccc1C. The van der Waals surface area contributed by atoms with E-state index in [-0.39, 0.29) is 0 Å². The molecule has 2 heterocycles. The Morgan fingerprint density at radius 2 is 1.93 bits per heavy atom. The van der Waals surface area contributed by atoms with Gasteiger partial charge in [-0.25, -0.2) is 9.97 Å². The fourth-order valence-corrected chi connectivity index (χ4v) is 2.78. The Bertz CT molecular complexity index is 991. The normalized spacial score (nSPS) is 10.3. The molecular formula is C21H22N4O3. The van der Waals surface area contributed by atoms with Crippen molar-refractivity contribution in [3.63, 3.8) is 0 Å². The summed E-state index contributed by atoms with van der Waals surface area (Å²) in [6, 6.07) is 11.2. The number of amides is 1. The summed E-state index contributed by atoms with van der Waals surface area (Å²) in [5.74, 6) is 2.54. The van der Waals surface area contributed by atoms with Crippen LogP contribution in [-0.4, -0.2) is 30.5 Å². The summed E-state index contributed by atoms with van der Waals surface area (Å²) < 4.78 is 11.3. The van der Waals surface area contributed by atoms with Crippen molar-refractivity contribution < 1.29 is 14.3 Å². The van der Waals surface area contributed by atoms with Crippen LogP contribution in [0.15, 0.2) is 48.8 Å². The minimum Gasteiger partial charge on any atom is -0.496 e. The second-order valence-corrected chi connectivity index (χ2v) is 6.24. The van der Waals surface area contributed by atoms with Crippen LogP contribution < -0.4 is 19.7 Å². The van der Waals surface area contributed by atoms with E-state index in [9.17, 15) is 4.79 Å².